The first kappa shape index (κ1) is 27.0. The van der Waals surface area contributed by atoms with E-state index in [-0.39, 0.29) is 45.8 Å². The molecule has 218 valence electrons. The number of rotatable bonds is 5. The van der Waals surface area contributed by atoms with E-state index in [4.69, 9.17) is 26.0 Å². The van der Waals surface area contributed by atoms with E-state index < -0.39 is 5.72 Å². The molecule has 7 rings (SSSR count). The fourth-order valence-corrected chi connectivity index (χ4v) is 12.4. The minimum absolute atomic E-state index is 0.0567. The summed E-state index contributed by atoms with van der Waals surface area (Å²) in [4.78, 5) is 14.9. The summed E-state index contributed by atoms with van der Waals surface area (Å²) in [5.74, 6) is 2.25. The van der Waals surface area contributed by atoms with E-state index in [1.165, 1.54) is 18.4 Å². The number of hydrogen-bond acceptors (Lipinski definition) is 7. The molecule has 0 aromatic heterocycles. The number of carbonyl (C=O) groups is 1. The smallest absolute Gasteiger partial charge is 0.155 e. The van der Waals surface area contributed by atoms with Crippen LogP contribution in [-0.4, -0.2) is 71.6 Å². The SMILES string of the molecule is C[C@@H]1CN(CCOCCO)[C@H]2[C@@H](C)[C@@]3(CC[C@H]4[C@@H]5CCC6=CC(=O)CC[C@]6(C)[C@@]5(N)CC45CC53C)O[C@]2(N)C1. The van der Waals surface area contributed by atoms with E-state index in [1.807, 2.05) is 6.08 Å². The molecule has 2 aliphatic heterocycles. The van der Waals surface area contributed by atoms with E-state index in [0.717, 1.165) is 51.6 Å². The predicted octanol–water partition coefficient (Wildman–Crippen LogP) is 3.38. The van der Waals surface area contributed by atoms with Crippen molar-refractivity contribution in [3.8, 4) is 0 Å². The molecule has 5 aliphatic carbocycles. The first-order valence-corrected chi connectivity index (χ1v) is 15.8. The van der Waals surface area contributed by atoms with Crippen LogP contribution in [0.5, 0.6) is 0 Å². The van der Waals surface area contributed by atoms with Gasteiger partial charge < -0.3 is 26.0 Å². The summed E-state index contributed by atoms with van der Waals surface area (Å²) in [6.07, 6.45) is 11.1. The summed E-state index contributed by atoms with van der Waals surface area (Å²) >= 11 is 0. The molecule has 6 fully saturated rings. The van der Waals surface area contributed by atoms with Crippen molar-refractivity contribution in [1.29, 1.82) is 0 Å². The minimum atomic E-state index is -0.648. The highest BCUT2D eigenvalue weighted by atomic mass is 16.5. The number of nitrogens with two attached hydrogens (primary N) is 2. The van der Waals surface area contributed by atoms with Gasteiger partial charge in [0.25, 0.3) is 0 Å². The van der Waals surface area contributed by atoms with E-state index >= 15 is 0 Å². The van der Waals surface area contributed by atoms with Crippen molar-refractivity contribution in [3.63, 3.8) is 0 Å². The first-order chi connectivity index (χ1) is 18.4. The summed E-state index contributed by atoms with van der Waals surface area (Å²) < 4.78 is 13.1. The Labute approximate surface area is 234 Å². The lowest BCUT2D eigenvalue weighted by molar-refractivity contribution is -0.189. The molecule has 2 unspecified atom stereocenters. The van der Waals surface area contributed by atoms with Crippen molar-refractivity contribution in [2.75, 3.05) is 32.9 Å². The maximum Gasteiger partial charge on any atom is 0.155 e. The van der Waals surface area contributed by atoms with Gasteiger partial charge in [-0.25, -0.2) is 0 Å². The zero-order valence-corrected chi connectivity index (χ0v) is 24.6. The number of fused-ring (bicyclic) bond motifs is 6. The van der Waals surface area contributed by atoms with Crippen molar-refractivity contribution in [1.82, 2.24) is 4.90 Å². The van der Waals surface area contributed by atoms with Gasteiger partial charge in [-0.1, -0.05) is 33.3 Å². The van der Waals surface area contributed by atoms with Crippen LogP contribution in [0.4, 0.5) is 0 Å². The molecule has 0 radical (unpaired) electrons. The van der Waals surface area contributed by atoms with Gasteiger partial charge in [-0.15, -0.1) is 0 Å². The molecule has 4 saturated carbocycles. The van der Waals surface area contributed by atoms with Gasteiger partial charge in [0, 0.05) is 41.8 Å². The number of ketones is 1. The number of hydrogen-bond donors (Lipinski definition) is 3. The zero-order valence-electron chi connectivity index (χ0n) is 24.6. The van der Waals surface area contributed by atoms with Gasteiger partial charge in [0.05, 0.1) is 31.5 Å². The second kappa shape index (κ2) is 8.38. The summed E-state index contributed by atoms with van der Waals surface area (Å²) in [7, 11) is 0. The molecule has 0 amide bonds. The summed E-state index contributed by atoms with van der Waals surface area (Å²) in [6, 6.07) is 0.171. The first-order valence-electron chi connectivity index (χ1n) is 15.8. The third-order valence-electron chi connectivity index (χ3n) is 14.0. The van der Waals surface area contributed by atoms with Gasteiger partial charge in [0.15, 0.2) is 5.78 Å². The van der Waals surface area contributed by atoms with Gasteiger partial charge in [-0.3, -0.25) is 9.69 Å². The van der Waals surface area contributed by atoms with Crippen LogP contribution in [0.3, 0.4) is 0 Å². The average molecular weight is 542 g/mol. The Balaban J connectivity index is 1.21. The lowest BCUT2D eigenvalue weighted by atomic mass is 9.52. The number of aliphatic hydroxyl groups excluding tert-OH is 1. The molecule has 2 spiro atoms. The van der Waals surface area contributed by atoms with Crippen molar-refractivity contribution < 1.29 is 19.4 Å². The average Bonchev–Trinajstić information content (AvgIpc) is 3.29. The third kappa shape index (κ3) is 3.18. The lowest BCUT2D eigenvalue weighted by Gasteiger charge is -2.55. The van der Waals surface area contributed by atoms with Crippen LogP contribution in [0.2, 0.25) is 0 Å². The van der Waals surface area contributed by atoms with E-state index in [9.17, 15) is 4.79 Å². The summed E-state index contributed by atoms with van der Waals surface area (Å²) in [5, 5.41) is 9.16. The minimum Gasteiger partial charge on any atom is -0.394 e. The Kier molecular flexibility index (Phi) is 5.81. The highest BCUT2D eigenvalue weighted by molar-refractivity contribution is 5.91. The van der Waals surface area contributed by atoms with Crippen LogP contribution in [0.25, 0.3) is 0 Å². The van der Waals surface area contributed by atoms with Crippen molar-refractivity contribution in [2.24, 2.45) is 51.4 Å². The van der Waals surface area contributed by atoms with Gasteiger partial charge in [-0.05, 0) is 80.6 Å². The quantitative estimate of drug-likeness (QED) is 0.458. The Morgan fingerprint density at radius 2 is 1.90 bits per heavy atom. The fourth-order valence-electron chi connectivity index (χ4n) is 12.4. The monoisotopic (exact) mass is 541 g/mol. The second-order valence-corrected chi connectivity index (χ2v) is 15.5. The Morgan fingerprint density at radius 1 is 1.10 bits per heavy atom. The molecule has 2 saturated heterocycles. The zero-order chi connectivity index (χ0) is 27.6. The molecule has 7 nitrogen and oxygen atoms in total. The van der Waals surface area contributed by atoms with Crippen LogP contribution in [0.15, 0.2) is 11.6 Å². The maximum atomic E-state index is 12.4. The van der Waals surface area contributed by atoms with Crippen molar-refractivity contribution in [2.45, 2.75) is 108 Å². The Morgan fingerprint density at radius 3 is 2.67 bits per heavy atom. The molecule has 0 aromatic rings. The van der Waals surface area contributed by atoms with Crippen molar-refractivity contribution >= 4 is 5.78 Å². The van der Waals surface area contributed by atoms with Gasteiger partial charge in [0.1, 0.15) is 5.72 Å². The molecular formula is C32H51N3O4. The summed E-state index contributed by atoms with van der Waals surface area (Å²) in [6.45, 7) is 12.5. The normalized spacial score (nSPS) is 55.9. The van der Waals surface area contributed by atoms with Gasteiger partial charge >= 0.3 is 0 Å². The van der Waals surface area contributed by atoms with Crippen LogP contribution < -0.4 is 11.5 Å². The molecule has 39 heavy (non-hydrogen) atoms. The number of carbonyl (C=O) groups excluding carboxylic acids is 1. The number of allylic oxidation sites excluding steroid dienone is 1. The third-order valence-corrected chi connectivity index (χ3v) is 14.0. The highest BCUT2D eigenvalue weighted by Gasteiger charge is 2.87. The van der Waals surface area contributed by atoms with Crippen LogP contribution in [-0.2, 0) is 14.3 Å². The molecule has 2 heterocycles. The number of piperidine rings is 1. The van der Waals surface area contributed by atoms with E-state index in [0.29, 0.717) is 43.3 Å². The molecule has 0 bridgehead atoms. The predicted molar refractivity (Wildman–Crippen MR) is 150 cm³/mol. The van der Waals surface area contributed by atoms with Crippen LogP contribution in [0.1, 0.15) is 85.5 Å². The Bertz CT molecular complexity index is 1100. The molecule has 7 heteroatoms. The number of ether oxygens (including phenoxy) is 2. The largest absolute Gasteiger partial charge is 0.394 e. The van der Waals surface area contributed by atoms with Crippen molar-refractivity contribution in [3.05, 3.63) is 11.6 Å². The van der Waals surface area contributed by atoms with Gasteiger partial charge in [0.2, 0.25) is 0 Å². The van der Waals surface area contributed by atoms with E-state index in [2.05, 4.69) is 32.6 Å². The number of nitrogens with zero attached hydrogens (tertiary/aromatic N) is 1. The molecule has 7 aliphatic rings. The van der Waals surface area contributed by atoms with Crippen LogP contribution in [0, 0.1) is 39.9 Å². The number of aliphatic hydroxyl groups is 1. The van der Waals surface area contributed by atoms with Gasteiger partial charge in [-0.2, -0.15) is 0 Å². The molecule has 11 atom stereocenters. The molecular weight excluding hydrogens is 490 g/mol. The highest BCUT2D eigenvalue weighted by Crippen LogP contribution is 2.87. The fraction of sp³-hybridized carbons (Fsp3) is 0.906. The topological polar surface area (TPSA) is 111 Å². The maximum absolute atomic E-state index is 12.4. The lowest BCUT2D eigenvalue weighted by Crippen LogP contribution is -2.63. The van der Waals surface area contributed by atoms with E-state index in [1.54, 1.807) is 0 Å². The molecule has 5 N–H and O–H groups in total. The van der Waals surface area contributed by atoms with Crippen LogP contribution >= 0.6 is 0 Å². The number of likely N-dealkylation sites (tertiary alicyclic amines) is 1. The standard InChI is InChI=1S/C32H51N3O4/c1-20-16-32(34)26(35(17-20)11-13-38-14-12-36)21(2)31(39-32)10-8-24-25-6-5-22-15-23(37)7-9-27(22,3)30(25,33)19-29(24)18-28(29,31)4/h15,20-21,24-26,36H,5-14,16-19,33-34H2,1-4H3/t20-,21+,24-,25-,26-,27-,28?,29?,30+,31+,32+/m0/s1. The molecule has 0 aromatic carbocycles. The Hall–Kier alpha value is -0.830. The summed E-state index contributed by atoms with van der Waals surface area (Å²) in [5.41, 5.74) is 15.4. The second-order valence-electron chi connectivity index (χ2n) is 15.5.